The summed E-state index contributed by atoms with van der Waals surface area (Å²) in [6.45, 7) is 6.12. The van der Waals surface area contributed by atoms with Gasteiger partial charge in [0.15, 0.2) is 5.16 Å². The minimum atomic E-state index is -0.349. The van der Waals surface area contributed by atoms with Crippen molar-refractivity contribution in [1.82, 2.24) is 14.8 Å². The highest BCUT2D eigenvalue weighted by Crippen LogP contribution is 2.37. The van der Waals surface area contributed by atoms with Gasteiger partial charge in [0.2, 0.25) is 5.91 Å². The lowest BCUT2D eigenvalue weighted by Crippen LogP contribution is -2.24. The number of amides is 1. The van der Waals surface area contributed by atoms with Crippen LogP contribution in [0.3, 0.4) is 0 Å². The van der Waals surface area contributed by atoms with E-state index in [1.54, 1.807) is 4.57 Å². The first kappa shape index (κ1) is 17.8. The van der Waals surface area contributed by atoms with Crippen molar-refractivity contribution in [2.75, 3.05) is 5.32 Å². The van der Waals surface area contributed by atoms with Gasteiger partial charge < -0.3 is 5.32 Å². The Morgan fingerprint density at radius 3 is 2.80 bits per heavy atom. The van der Waals surface area contributed by atoms with Gasteiger partial charge in [0.25, 0.3) is 0 Å². The number of thioether (sulfide) groups is 1. The molecule has 1 amide bonds. The molecule has 7 heteroatoms. The maximum absolute atomic E-state index is 12.6. The fourth-order valence-electron chi connectivity index (χ4n) is 2.73. The summed E-state index contributed by atoms with van der Waals surface area (Å²) in [5, 5.41) is 9.83. The van der Waals surface area contributed by atoms with Crippen LogP contribution in [0.15, 0.2) is 34.2 Å². The Morgan fingerprint density at radius 1 is 1.40 bits per heavy atom. The third kappa shape index (κ3) is 3.98. The van der Waals surface area contributed by atoms with Gasteiger partial charge in [-0.1, -0.05) is 43.8 Å². The molecule has 1 aromatic carbocycles. The van der Waals surface area contributed by atoms with E-state index in [9.17, 15) is 9.59 Å². The summed E-state index contributed by atoms with van der Waals surface area (Å²) in [4.78, 5) is 24.5. The molecule has 2 atom stereocenters. The van der Waals surface area contributed by atoms with Crippen molar-refractivity contribution in [3.05, 3.63) is 40.3 Å². The molecule has 0 unspecified atom stereocenters. The first-order valence-corrected chi connectivity index (χ1v) is 9.62. The summed E-state index contributed by atoms with van der Waals surface area (Å²) in [7, 11) is 0. The van der Waals surface area contributed by atoms with Crippen LogP contribution in [0.25, 0.3) is 0 Å². The first-order valence-electron chi connectivity index (χ1n) is 8.74. The topological polar surface area (TPSA) is 79.8 Å². The van der Waals surface area contributed by atoms with Gasteiger partial charge in [0.05, 0.1) is 5.25 Å². The summed E-state index contributed by atoms with van der Waals surface area (Å²) < 4.78 is 1.67. The number of benzene rings is 1. The van der Waals surface area contributed by atoms with Crippen LogP contribution in [0.2, 0.25) is 0 Å². The SMILES string of the molecule is CC[C@@H](C)c1ccccc1NC(=O)[C@@H](C)Sc1n[nH]c(=O)n1C1CC1. The lowest BCUT2D eigenvalue weighted by Gasteiger charge is -2.17. The van der Waals surface area contributed by atoms with Crippen LogP contribution in [-0.2, 0) is 4.79 Å². The highest BCUT2D eigenvalue weighted by molar-refractivity contribution is 8.00. The van der Waals surface area contributed by atoms with Gasteiger partial charge in [-0.25, -0.2) is 9.89 Å². The molecular weight excluding hydrogens is 336 g/mol. The largest absolute Gasteiger partial charge is 0.344 e. The molecule has 1 aliphatic rings. The number of rotatable bonds is 7. The average molecular weight is 360 g/mol. The van der Waals surface area contributed by atoms with E-state index in [-0.39, 0.29) is 22.9 Å². The predicted octanol–water partition coefficient (Wildman–Crippen LogP) is 3.54. The second-order valence-electron chi connectivity index (χ2n) is 6.56. The number of aromatic nitrogens is 3. The molecule has 2 N–H and O–H groups in total. The number of aromatic amines is 1. The minimum Gasteiger partial charge on any atom is -0.325 e. The number of carbonyl (C=O) groups is 1. The number of hydrogen-bond acceptors (Lipinski definition) is 4. The molecule has 25 heavy (non-hydrogen) atoms. The van der Waals surface area contributed by atoms with Gasteiger partial charge in [-0.05, 0) is 43.7 Å². The Balaban J connectivity index is 1.71. The van der Waals surface area contributed by atoms with E-state index in [4.69, 9.17) is 0 Å². The Labute approximate surface area is 151 Å². The van der Waals surface area contributed by atoms with Crippen LogP contribution in [0.1, 0.15) is 57.6 Å². The number of hydrogen-bond donors (Lipinski definition) is 2. The monoisotopic (exact) mass is 360 g/mol. The molecular formula is C18H24N4O2S. The Morgan fingerprint density at radius 2 is 2.12 bits per heavy atom. The molecule has 6 nitrogen and oxygen atoms in total. The summed E-state index contributed by atoms with van der Waals surface area (Å²) in [6, 6.07) is 8.14. The quantitative estimate of drug-likeness (QED) is 0.740. The van der Waals surface area contributed by atoms with Crippen molar-refractivity contribution < 1.29 is 4.79 Å². The lowest BCUT2D eigenvalue weighted by molar-refractivity contribution is -0.115. The molecule has 2 aromatic rings. The Kier molecular flexibility index (Phi) is 5.32. The van der Waals surface area contributed by atoms with Crippen LogP contribution in [0.4, 0.5) is 5.69 Å². The fourth-order valence-corrected chi connectivity index (χ4v) is 3.66. The molecule has 134 valence electrons. The Bertz CT molecular complexity index is 809. The number of anilines is 1. The van der Waals surface area contributed by atoms with Gasteiger partial charge in [-0.2, -0.15) is 0 Å². The second-order valence-corrected chi connectivity index (χ2v) is 7.87. The van der Waals surface area contributed by atoms with Crippen molar-refractivity contribution in [2.24, 2.45) is 0 Å². The van der Waals surface area contributed by atoms with Gasteiger partial charge in [-0.3, -0.25) is 9.36 Å². The summed E-state index contributed by atoms with van der Waals surface area (Å²) in [6.07, 6.45) is 3.00. The molecule has 0 aliphatic heterocycles. The maximum atomic E-state index is 12.6. The molecule has 0 spiro atoms. The lowest BCUT2D eigenvalue weighted by atomic mass is 9.97. The minimum absolute atomic E-state index is 0.0847. The van der Waals surface area contributed by atoms with Crippen molar-refractivity contribution in [1.29, 1.82) is 0 Å². The fraction of sp³-hybridized carbons (Fsp3) is 0.500. The van der Waals surface area contributed by atoms with E-state index in [0.717, 1.165) is 30.5 Å². The van der Waals surface area contributed by atoms with Crippen LogP contribution >= 0.6 is 11.8 Å². The number of H-pyrrole nitrogens is 1. The number of para-hydroxylation sites is 1. The third-order valence-corrected chi connectivity index (χ3v) is 5.66. The molecule has 0 radical (unpaired) electrons. The maximum Gasteiger partial charge on any atom is 0.344 e. The van der Waals surface area contributed by atoms with Crippen molar-refractivity contribution in [3.8, 4) is 0 Å². The normalized spacial score (nSPS) is 16.4. The molecule has 1 saturated carbocycles. The number of nitrogens with zero attached hydrogens (tertiary/aromatic N) is 2. The Hall–Kier alpha value is -2.02. The van der Waals surface area contributed by atoms with Crippen LogP contribution in [0.5, 0.6) is 0 Å². The molecule has 1 aromatic heterocycles. The molecule has 1 aliphatic carbocycles. The van der Waals surface area contributed by atoms with E-state index in [0.29, 0.717) is 11.1 Å². The zero-order valence-corrected chi connectivity index (χ0v) is 15.6. The molecule has 3 rings (SSSR count). The highest BCUT2D eigenvalue weighted by atomic mass is 32.2. The second kappa shape index (κ2) is 7.47. The first-order chi connectivity index (χ1) is 12.0. The average Bonchev–Trinajstić information content (AvgIpc) is 3.38. The van der Waals surface area contributed by atoms with E-state index in [2.05, 4.69) is 35.4 Å². The third-order valence-electron chi connectivity index (χ3n) is 4.60. The van der Waals surface area contributed by atoms with Crippen LogP contribution in [-0.4, -0.2) is 25.9 Å². The zero-order valence-electron chi connectivity index (χ0n) is 14.8. The van der Waals surface area contributed by atoms with Crippen molar-refractivity contribution >= 4 is 23.4 Å². The van der Waals surface area contributed by atoms with E-state index in [1.807, 2.05) is 25.1 Å². The summed E-state index contributed by atoms with van der Waals surface area (Å²) in [5.74, 6) is 0.296. The standard InChI is InChI=1S/C18H24N4O2S/c1-4-11(2)14-7-5-6-8-15(14)19-16(23)12(3)25-18-21-20-17(24)22(18)13-9-10-13/h5-8,11-13H,4,9-10H2,1-3H3,(H,19,23)(H,20,24)/t11-,12-/m1/s1. The zero-order chi connectivity index (χ0) is 18.0. The van der Waals surface area contributed by atoms with E-state index < -0.39 is 0 Å². The van der Waals surface area contributed by atoms with E-state index in [1.165, 1.54) is 11.8 Å². The molecule has 1 fully saturated rings. The molecule has 1 heterocycles. The number of nitrogens with one attached hydrogen (secondary N) is 2. The molecule has 0 saturated heterocycles. The smallest absolute Gasteiger partial charge is 0.325 e. The van der Waals surface area contributed by atoms with Crippen LogP contribution < -0.4 is 11.0 Å². The summed E-state index contributed by atoms with van der Waals surface area (Å²) in [5.41, 5.74) is 1.81. The predicted molar refractivity (Wildman–Crippen MR) is 100 cm³/mol. The van der Waals surface area contributed by atoms with E-state index >= 15 is 0 Å². The van der Waals surface area contributed by atoms with Gasteiger partial charge >= 0.3 is 5.69 Å². The van der Waals surface area contributed by atoms with Gasteiger partial charge in [0, 0.05) is 11.7 Å². The number of carbonyl (C=O) groups excluding carboxylic acids is 1. The van der Waals surface area contributed by atoms with Crippen LogP contribution in [0, 0.1) is 0 Å². The van der Waals surface area contributed by atoms with Crippen molar-refractivity contribution in [2.45, 2.75) is 62.4 Å². The van der Waals surface area contributed by atoms with Gasteiger partial charge in [0.1, 0.15) is 0 Å². The highest BCUT2D eigenvalue weighted by Gasteiger charge is 2.30. The molecule has 0 bridgehead atoms. The van der Waals surface area contributed by atoms with Crippen molar-refractivity contribution in [3.63, 3.8) is 0 Å². The summed E-state index contributed by atoms with van der Waals surface area (Å²) >= 11 is 1.32. The van der Waals surface area contributed by atoms with Gasteiger partial charge in [-0.15, -0.1) is 5.10 Å².